The first-order valence-corrected chi connectivity index (χ1v) is 8.69. The summed E-state index contributed by atoms with van der Waals surface area (Å²) < 4.78 is 5.08. The first kappa shape index (κ1) is 16.8. The number of rotatable bonds is 7. The molecule has 0 aromatic rings. The molecule has 2 atom stereocenters. The topological polar surface area (TPSA) is 41.6 Å². The smallest absolute Gasteiger partial charge is 0.326 e. The van der Waals surface area contributed by atoms with Crippen LogP contribution in [0.5, 0.6) is 0 Å². The lowest BCUT2D eigenvalue weighted by Gasteiger charge is -2.35. The van der Waals surface area contributed by atoms with Crippen LogP contribution in [0.4, 0.5) is 0 Å². The molecular formula is C17H32N2O2. The number of carbonyl (C=O) groups excluding carboxylic acids is 1. The van der Waals surface area contributed by atoms with Gasteiger partial charge in [0, 0.05) is 6.04 Å². The van der Waals surface area contributed by atoms with E-state index in [2.05, 4.69) is 17.1 Å². The van der Waals surface area contributed by atoms with Crippen molar-refractivity contribution in [1.29, 1.82) is 0 Å². The van der Waals surface area contributed by atoms with E-state index in [1.165, 1.54) is 32.8 Å². The fourth-order valence-electron chi connectivity index (χ4n) is 4.54. The van der Waals surface area contributed by atoms with E-state index in [9.17, 15) is 4.79 Å². The van der Waals surface area contributed by atoms with Crippen LogP contribution in [0.25, 0.3) is 0 Å². The molecule has 2 unspecified atom stereocenters. The second kappa shape index (κ2) is 7.59. The summed E-state index contributed by atoms with van der Waals surface area (Å²) in [5.74, 6) is 0.335. The normalized spacial score (nSPS) is 30.2. The van der Waals surface area contributed by atoms with Crippen molar-refractivity contribution in [3.8, 4) is 0 Å². The van der Waals surface area contributed by atoms with Gasteiger partial charge < -0.3 is 15.0 Å². The number of ether oxygens (including phenoxy) is 1. The number of hydrogen-bond donors (Lipinski definition) is 1. The van der Waals surface area contributed by atoms with Crippen molar-refractivity contribution in [2.45, 2.75) is 69.9 Å². The highest BCUT2D eigenvalue weighted by molar-refractivity contribution is 5.81. The summed E-state index contributed by atoms with van der Waals surface area (Å²) in [5, 5.41) is 3.30. The van der Waals surface area contributed by atoms with E-state index in [0.717, 1.165) is 44.8 Å². The highest BCUT2D eigenvalue weighted by Crippen LogP contribution is 2.39. The van der Waals surface area contributed by atoms with Gasteiger partial charge in [-0.15, -0.1) is 0 Å². The first-order chi connectivity index (χ1) is 10.2. The molecular weight excluding hydrogens is 264 g/mol. The Morgan fingerprint density at radius 3 is 2.57 bits per heavy atom. The predicted octanol–water partition coefficient (Wildman–Crippen LogP) is 2.57. The van der Waals surface area contributed by atoms with Gasteiger partial charge in [-0.2, -0.15) is 0 Å². The second-order valence-electron chi connectivity index (χ2n) is 6.66. The molecule has 2 saturated carbocycles. The van der Waals surface area contributed by atoms with Crippen molar-refractivity contribution in [1.82, 2.24) is 10.2 Å². The molecule has 2 aliphatic carbocycles. The Bertz CT molecular complexity index is 342. The van der Waals surface area contributed by atoms with Crippen LogP contribution in [0.1, 0.15) is 58.3 Å². The van der Waals surface area contributed by atoms with E-state index < -0.39 is 5.54 Å². The van der Waals surface area contributed by atoms with E-state index in [1.807, 2.05) is 7.05 Å². The van der Waals surface area contributed by atoms with Crippen LogP contribution in [0, 0.1) is 5.92 Å². The van der Waals surface area contributed by atoms with Gasteiger partial charge >= 0.3 is 5.97 Å². The molecule has 4 heteroatoms. The van der Waals surface area contributed by atoms with E-state index in [-0.39, 0.29) is 5.97 Å². The van der Waals surface area contributed by atoms with Crippen LogP contribution in [0.3, 0.4) is 0 Å². The Kier molecular flexibility index (Phi) is 6.06. The van der Waals surface area contributed by atoms with Gasteiger partial charge in [-0.1, -0.05) is 26.2 Å². The molecule has 4 nitrogen and oxygen atoms in total. The van der Waals surface area contributed by atoms with Crippen molar-refractivity contribution in [3.05, 3.63) is 0 Å². The van der Waals surface area contributed by atoms with Crippen molar-refractivity contribution in [2.75, 3.05) is 27.2 Å². The maximum absolute atomic E-state index is 12.2. The van der Waals surface area contributed by atoms with E-state index in [1.54, 1.807) is 0 Å². The molecule has 0 saturated heterocycles. The summed E-state index contributed by atoms with van der Waals surface area (Å²) in [6.07, 6.45) is 9.74. The third-order valence-corrected chi connectivity index (χ3v) is 5.83. The number of esters is 1. The Hall–Kier alpha value is -0.610. The number of hydrogen-bond acceptors (Lipinski definition) is 4. The molecule has 0 spiro atoms. The van der Waals surface area contributed by atoms with Crippen molar-refractivity contribution in [3.63, 3.8) is 0 Å². The zero-order chi connectivity index (χ0) is 15.3. The molecule has 0 aromatic carbocycles. The minimum absolute atomic E-state index is 0.0728. The Labute approximate surface area is 129 Å². The minimum Gasteiger partial charge on any atom is -0.468 e. The highest BCUT2D eigenvalue weighted by atomic mass is 16.5. The molecule has 0 bridgehead atoms. The maximum atomic E-state index is 12.2. The predicted molar refractivity (Wildman–Crippen MR) is 85.3 cm³/mol. The third kappa shape index (κ3) is 3.42. The van der Waals surface area contributed by atoms with E-state index in [0.29, 0.717) is 5.92 Å². The van der Waals surface area contributed by atoms with Crippen LogP contribution in [0.2, 0.25) is 0 Å². The Morgan fingerprint density at radius 1 is 1.29 bits per heavy atom. The molecule has 2 aliphatic rings. The summed E-state index contributed by atoms with van der Waals surface area (Å²) in [4.78, 5) is 14.9. The number of methoxy groups -OCH3 is 1. The fourth-order valence-corrected chi connectivity index (χ4v) is 4.54. The van der Waals surface area contributed by atoms with Gasteiger partial charge in [0.25, 0.3) is 0 Å². The van der Waals surface area contributed by atoms with Gasteiger partial charge in [0.15, 0.2) is 0 Å². The summed E-state index contributed by atoms with van der Waals surface area (Å²) in [7, 11) is 3.41. The fraction of sp³-hybridized carbons (Fsp3) is 0.941. The number of carbonyl (C=O) groups is 1. The second-order valence-corrected chi connectivity index (χ2v) is 6.66. The van der Waals surface area contributed by atoms with Crippen LogP contribution in [0.15, 0.2) is 0 Å². The molecule has 21 heavy (non-hydrogen) atoms. The van der Waals surface area contributed by atoms with Gasteiger partial charge in [-0.05, 0) is 58.2 Å². The van der Waals surface area contributed by atoms with Crippen LogP contribution in [-0.2, 0) is 9.53 Å². The molecule has 122 valence electrons. The molecule has 0 amide bonds. The van der Waals surface area contributed by atoms with Crippen molar-refractivity contribution >= 4 is 5.97 Å². The quantitative estimate of drug-likeness (QED) is 0.733. The Balaban J connectivity index is 1.95. The Morgan fingerprint density at radius 2 is 2.00 bits per heavy atom. The molecule has 2 rings (SSSR count). The van der Waals surface area contributed by atoms with Gasteiger partial charge in [0.1, 0.15) is 5.54 Å². The van der Waals surface area contributed by atoms with Gasteiger partial charge in [-0.3, -0.25) is 4.79 Å². The number of likely N-dealkylation sites (N-methyl/N-ethyl adjacent to an activating group) is 1. The van der Waals surface area contributed by atoms with E-state index in [4.69, 9.17) is 4.74 Å². The van der Waals surface area contributed by atoms with Crippen LogP contribution in [-0.4, -0.2) is 49.7 Å². The van der Waals surface area contributed by atoms with E-state index >= 15 is 0 Å². The van der Waals surface area contributed by atoms with Gasteiger partial charge in [0.05, 0.1) is 7.11 Å². The van der Waals surface area contributed by atoms with Gasteiger partial charge in [-0.25, -0.2) is 0 Å². The largest absolute Gasteiger partial charge is 0.468 e. The van der Waals surface area contributed by atoms with Crippen molar-refractivity contribution in [2.24, 2.45) is 5.92 Å². The zero-order valence-corrected chi connectivity index (χ0v) is 14.0. The molecule has 0 aliphatic heterocycles. The average Bonchev–Trinajstić information content (AvgIpc) is 3.17. The lowest BCUT2D eigenvalue weighted by Crippen LogP contribution is -2.54. The molecule has 0 aromatic heterocycles. The lowest BCUT2D eigenvalue weighted by molar-refractivity contribution is -0.150. The molecule has 0 radical (unpaired) electrons. The first-order valence-electron chi connectivity index (χ1n) is 8.69. The standard InChI is InChI=1S/C17H32N2O2/c1-4-19(15-9-5-6-10-15)13-11-14-8-7-12-17(14,18-2)16(20)21-3/h14-15,18H,4-13H2,1-3H3. The van der Waals surface area contributed by atoms with Crippen LogP contribution >= 0.6 is 0 Å². The summed E-state index contributed by atoms with van der Waals surface area (Å²) in [6, 6.07) is 0.776. The zero-order valence-electron chi connectivity index (χ0n) is 14.0. The highest BCUT2D eigenvalue weighted by Gasteiger charge is 2.48. The van der Waals surface area contributed by atoms with Gasteiger partial charge in [0.2, 0.25) is 0 Å². The summed E-state index contributed by atoms with van der Waals surface area (Å²) >= 11 is 0. The SMILES string of the molecule is CCN(CCC1CCCC1(NC)C(=O)OC)C1CCCC1. The van der Waals surface area contributed by atoms with Crippen molar-refractivity contribution < 1.29 is 9.53 Å². The average molecular weight is 296 g/mol. The monoisotopic (exact) mass is 296 g/mol. The third-order valence-electron chi connectivity index (χ3n) is 5.83. The maximum Gasteiger partial charge on any atom is 0.326 e. The number of nitrogens with zero attached hydrogens (tertiary/aromatic N) is 1. The van der Waals surface area contributed by atoms with Crippen LogP contribution < -0.4 is 5.32 Å². The lowest BCUT2D eigenvalue weighted by atomic mass is 9.84. The summed E-state index contributed by atoms with van der Waals surface area (Å²) in [5.41, 5.74) is -0.441. The summed E-state index contributed by atoms with van der Waals surface area (Å²) in [6.45, 7) is 4.51. The minimum atomic E-state index is -0.441. The molecule has 0 heterocycles. The molecule has 2 fully saturated rings. The number of nitrogens with one attached hydrogen (secondary N) is 1. The molecule has 1 N–H and O–H groups in total.